The molecule has 2 aromatic rings. The van der Waals surface area contributed by atoms with Crippen molar-refractivity contribution in [1.82, 2.24) is 0 Å². The summed E-state index contributed by atoms with van der Waals surface area (Å²) in [6.45, 7) is 1.64. The maximum absolute atomic E-state index is 13.7. The van der Waals surface area contributed by atoms with Gasteiger partial charge in [-0.3, -0.25) is 0 Å². The molecular weight excluding hydrogens is 258 g/mol. The molecule has 0 atom stereocenters. The Morgan fingerprint density at radius 3 is 2.67 bits per heavy atom. The zero-order chi connectivity index (χ0) is 13.1. The lowest BCUT2D eigenvalue weighted by atomic mass is 10.2. The van der Waals surface area contributed by atoms with E-state index in [4.69, 9.17) is 16.3 Å². The molecule has 0 N–H and O–H groups in total. The van der Waals surface area contributed by atoms with Crippen molar-refractivity contribution in [2.45, 2.75) is 12.8 Å². The number of rotatable bonds is 3. The zero-order valence-corrected chi connectivity index (χ0v) is 10.5. The van der Waals surface area contributed by atoms with Gasteiger partial charge in [-0.15, -0.1) is 11.6 Å². The molecule has 0 amide bonds. The van der Waals surface area contributed by atoms with Gasteiger partial charge in [-0.05, 0) is 36.2 Å². The van der Waals surface area contributed by atoms with E-state index in [9.17, 15) is 8.78 Å². The van der Waals surface area contributed by atoms with Crippen molar-refractivity contribution in [2.24, 2.45) is 0 Å². The van der Waals surface area contributed by atoms with Crippen molar-refractivity contribution >= 4 is 11.6 Å². The Bertz CT molecular complexity index is 570. The first-order valence-electron chi connectivity index (χ1n) is 5.38. The molecule has 1 nitrogen and oxygen atoms in total. The fraction of sp³-hybridized carbons (Fsp3) is 0.143. The van der Waals surface area contributed by atoms with Crippen LogP contribution in [0.2, 0.25) is 0 Å². The Morgan fingerprint density at radius 2 is 1.94 bits per heavy atom. The maximum Gasteiger partial charge on any atom is 0.168 e. The molecule has 0 radical (unpaired) electrons. The minimum absolute atomic E-state index is 0.0705. The van der Waals surface area contributed by atoms with E-state index in [0.717, 1.165) is 0 Å². The Labute approximate surface area is 109 Å². The van der Waals surface area contributed by atoms with Crippen molar-refractivity contribution in [3.63, 3.8) is 0 Å². The third kappa shape index (κ3) is 2.79. The molecule has 2 rings (SSSR count). The lowest BCUT2D eigenvalue weighted by Gasteiger charge is -2.09. The molecule has 4 heteroatoms. The molecule has 0 aliphatic heterocycles. The molecule has 0 aromatic heterocycles. The molecule has 0 spiro atoms. The third-order valence-electron chi connectivity index (χ3n) is 2.47. The lowest BCUT2D eigenvalue weighted by molar-refractivity contribution is 0.436. The molecule has 0 bridgehead atoms. The number of hydrogen-bond acceptors (Lipinski definition) is 1. The summed E-state index contributed by atoms with van der Waals surface area (Å²) < 4.78 is 32.3. The summed E-state index contributed by atoms with van der Waals surface area (Å²) in [5.41, 5.74) is 1.06. The van der Waals surface area contributed by atoms with Crippen LogP contribution in [-0.4, -0.2) is 0 Å². The van der Waals surface area contributed by atoms with Crippen molar-refractivity contribution in [3.8, 4) is 11.5 Å². The van der Waals surface area contributed by atoms with Crippen LogP contribution in [0.5, 0.6) is 11.5 Å². The van der Waals surface area contributed by atoms with Crippen molar-refractivity contribution in [3.05, 3.63) is 59.2 Å². The molecular formula is C14H11ClF2O. The monoisotopic (exact) mass is 268 g/mol. The van der Waals surface area contributed by atoms with Crippen LogP contribution in [0, 0.1) is 18.6 Å². The van der Waals surface area contributed by atoms with Gasteiger partial charge < -0.3 is 4.74 Å². The van der Waals surface area contributed by atoms with Crippen LogP contribution in [0.15, 0.2) is 36.4 Å². The number of hydrogen-bond donors (Lipinski definition) is 0. The van der Waals surface area contributed by atoms with E-state index in [0.29, 0.717) is 11.1 Å². The second-order valence-corrected chi connectivity index (χ2v) is 4.19. The van der Waals surface area contributed by atoms with Crippen LogP contribution in [0.4, 0.5) is 8.78 Å². The number of alkyl halides is 1. The van der Waals surface area contributed by atoms with Gasteiger partial charge in [0.25, 0.3) is 0 Å². The molecule has 0 aliphatic carbocycles. The standard InChI is InChI=1S/C14H11ClF2O/c1-9-3-2-4-13(14(9)17)18-12-6-10(8-15)5-11(16)7-12/h2-7H,8H2,1H3. The topological polar surface area (TPSA) is 9.23 Å². The van der Waals surface area contributed by atoms with Gasteiger partial charge in [0.05, 0.1) is 0 Å². The van der Waals surface area contributed by atoms with Crippen LogP contribution < -0.4 is 4.74 Å². The van der Waals surface area contributed by atoms with Crippen molar-refractivity contribution in [2.75, 3.05) is 0 Å². The summed E-state index contributed by atoms with van der Waals surface area (Å²) in [7, 11) is 0. The first kappa shape index (κ1) is 12.8. The molecule has 94 valence electrons. The minimum Gasteiger partial charge on any atom is -0.454 e. The van der Waals surface area contributed by atoms with E-state index in [1.54, 1.807) is 25.1 Å². The van der Waals surface area contributed by atoms with E-state index in [1.807, 2.05) is 0 Å². The van der Waals surface area contributed by atoms with Gasteiger partial charge in [-0.2, -0.15) is 0 Å². The van der Waals surface area contributed by atoms with E-state index < -0.39 is 11.6 Å². The molecule has 2 aromatic carbocycles. The SMILES string of the molecule is Cc1cccc(Oc2cc(F)cc(CCl)c2)c1F. The van der Waals surface area contributed by atoms with Crippen LogP contribution in [0.3, 0.4) is 0 Å². The summed E-state index contributed by atoms with van der Waals surface area (Å²) in [5, 5.41) is 0. The average Bonchev–Trinajstić information content (AvgIpc) is 2.34. The van der Waals surface area contributed by atoms with Crippen molar-refractivity contribution < 1.29 is 13.5 Å². The van der Waals surface area contributed by atoms with Crippen LogP contribution >= 0.6 is 11.6 Å². The average molecular weight is 269 g/mol. The van der Waals surface area contributed by atoms with Crippen LogP contribution in [-0.2, 0) is 5.88 Å². The fourth-order valence-electron chi connectivity index (χ4n) is 1.58. The highest BCUT2D eigenvalue weighted by Crippen LogP contribution is 2.27. The molecule has 0 aliphatic rings. The predicted octanol–water partition coefficient (Wildman–Crippen LogP) is 4.80. The van der Waals surface area contributed by atoms with Crippen LogP contribution in [0.1, 0.15) is 11.1 Å². The number of benzene rings is 2. The largest absolute Gasteiger partial charge is 0.454 e. The smallest absolute Gasteiger partial charge is 0.168 e. The van der Waals surface area contributed by atoms with Gasteiger partial charge in [0.2, 0.25) is 0 Å². The number of ether oxygens (including phenoxy) is 1. The van der Waals surface area contributed by atoms with E-state index in [2.05, 4.69) is 0 Å². The van der Waals surface area contributed by atoms with Crippen molar-refractivity contribution in [1.29, 1.82) is 0 Å². The Kier molecular flexibility index (Phi) is 3.82. The van der Waals surface area contributed by atoms with Gasteiger partial charge in [-0.25, -0.2) is 8.78 Å². The molecule has 0 saturated heterocycles. The number of aryl methyl sites for hydroxylation is 1. The van der Waals surface area contributed by atoms with Crippen LogP contribution in [0.25, 0.3) is 0 Å². The highest BCUT2D eigenvalue weighted by Gasteiger charge is 2.08. The maximum atomic E-state index is 13.7. The molecule has 0 saturated carbocycles. The third-order valence-corrected chi connectivity index (χ3v) is 2.78. The molecule has 0 heterocycles. The zero-order valence-electron chi connectivity index (χ0n) is 9.71. The lowest BCUT2D eigenvalue weighted by Crippen LogP contribution is -1.92. The second-order valence-electron chi connectivity index (χ2n) is 3.92. The normalized spacial score (nSPS) is 10.4. The van der Waals surface area contributed by atoms with E-state index in [1.165, 1.54) is 18.2 Å². The quantitative estimate of drug-likeness (QED) is 0.726. The molecule has 0 fully saturated rings. The molecule has 18 heavy (non-hydrogen) atoms. The Balaban J connectivity index is 2.34. The highest BCUT2D eigenvalue weighted by molar-refractivity contribution is 6.17. The Morgan fingerprint density at radius 1 is 1.17 bits per heavy atom. The summed E-state index contributed by atoms with van der Waals surface area (Å²) in [4.78, 5) is 0. The van der Waals surface area contributed by atoms with Gasteiger partial charge in [0.15, 0.2) is 11.6 Å². The van der Waals surface area contributed by atoms with Gasteiger partial charge in [0.1, 0.15) is 11.6 Å². The second kappa shape index (κ2) is 5.36. The summed E-state index contributed by atoms with van der Waals surface area (Å²) >= 11 is 5.63. The minimum atomic E-state index is -0.462. The highest BCUT2D eigenvalue weighted by atomic mass is 35.5. The fourth-order valence-corrected chi connectivity index (χ4v) is 1.74. The van der Waals surface area contributed by atoms with E-state index >= 15 is 0 Å². The van der Waals surface area contributed by atoms with E-state index in [-0.39, 0.29) is 17.4 Å². The molecule has 0 unspecified atom stereocenters. The number of halogens is 3. The van der Waals surface area contributed by atoms with Gasteiger partial charge >= 0.3 is 0 Å². The first-order valence-corrected chi connectivity index (χ1v) is 5.92. The first-order chi connectivity index (χ1) is 8.60. The Hall–Kier alpha value is -1.61. The predicted molar refractivity (Wildman–Crippen MR) is 67.2 cm³/mol. The summed E-state index contributed by atoms with van der Waals surface area (Å²) in [6.07, 6.45) is 0. The summed E-state index contributed by atoms with van der Waals surface area (Å²) in [5.74, 6) is -0.439. The van der Waals surface area contributed by atoms with Gasteiger partial charge in [-0.1, -0.05) is 12.1 Å². The van der Waals surface area contributed by atoms with Gasteiger partial charge in [0, 0.05) is 11.9 Å². The summed E-state index contributed by atoms with van der Waals surface area (Å²) in [6, 6.07) is 8.89.